The Bertz CT molecular complexity index is 417. The first-order chi connectivity index (χ1) is 9.09. The topological polar surface area (TPSA) is 15.3 Å². The van der Waals surface area contributed by atoms with Gasteiger partial charge < -0.3 is 5.32 Å². The van der Waals surface area contributed by atoms with Crippen LogP contribution < -0.4 is 5.32 Å². The van der Waals surface area contributed by atoms with E-state index in [0.29, 0.717) is 16.1 Å². The van der Waals surface area contributed by atoms with E-state index in [0.717, 1.165) is 31.1 Å². The molecule has 0 bridgehead atoms. The van der Waals surface area contributed by atoms with Crippen LogP contribution in [-0.4, -0.2) is 31.6 Å². The molecule has 0 aliphatic carbocycles. The number of piperidine rings is 1. The van der Waals surface area contributed by atoms with Crippen molar-refractivity contribution in [3.05, 3.63) is 33.8 Å². The van der Waals surface area contributed by atoms with Crippen molar-refractivity contribution in [3.63, 3.8) is 0 Å². The van der Waals surface area contributed by atoms with Crippen LogP contribution in [0, 0.1) is 5.92 Å². The fourth-order valence-corrected chi connectivity index (χ4v) is 3.18. The lowest BCUT2D eigenvalue weighted by atomic mass is 9.96. The van der Waals surface area contributed by atoms with E-state index in [1.807, 2.05) is 12.1 Å². The van der Waals surface area contributed by atoms with Crippen molar-refractivity contribution in [3.8, 4) is 0 Å². The highest BCUT2D eigenvalue weighted by atomic mass is 35.5. The molecule has 1 atom stereocenters. The maximum atomic E-state index is 6.31. The van der Waals surface area contributed by atoms with Crippen molar-refractivity contribution in [1.29, 1.82) is 0 Å². The number of halogens is 2. The summed E-state index contributed by atoms with van der Waals surface area (Å²) in [6, 6.07) is 6.17. The van der Waals surface area contributed by atoms with E-state index >= 15 is 0 Å². The molecule has 0 spiro atoms. The zero-order chi connectivity index (χ0) is 13.8. The van der Waals surface area contributed by atoms with Gasteiger partial charge in [0.15, 0.2) is 0 Å². The van der Waals surface area contributed by atoms with Gasteiger partial charge in [-0.25, -0.2) is 0 Å². The third kappa shape index (κ3) is 3.85. The number of hydrogen-bond acceptors (Lipinski definition) is 2. The van der Waals surface area contributed by atoms with Gasteiger partial charge in [0.25, 0.3) is 0 Å². The molecule has 1 unspecified atom stereocenters. The molecule has 4 heteroatoms. The van der Waals surface area contributed by atoms with Gasteiger partial charge in [-0.15, -0.1) is 0 Å². The highest BCUT2D eigenvalue weighted by molar-refractivity contribution is 6.42. The molecule has 106 valence electrons. The first-order valence-electron chi connectivity index (χ1n) is 6.94. The second-order valence-corrected chi connectivity index (χ2v) is 6.24. The van der Waals surface area contributed by atoms with Crippen LogP contribution in [-0.2, 0) is 0 Å². The van der Waals surface area contributed by atoms with Crippen LogP contribution in [0.2, 0.25) is 10.0 Å². The minimum Gasteiger partial charge on any atom is -0.317 e. The largest absolute Gasteiger partial charge is 0.317 e. The van der Waals surface area contributed by atoms with E-state index in [1.165, 1.54) is 12.8 Å². The van der Waals surface area contributed by atoms with Gasteiger partial charge in [0.05, 0.1) is 10.0 Å². The number of nitrogens with one attached hydrogen (secondary N) is 1. The molecule has 1 aromatic carbocycles. The first kappa shape index (κ1) is 15.1. The standard InChI is InChI=1S/C15H22Cl2N2/c1-11(13-4-3-5-14(16)15(13)17)19(2)10-12-6-8-18-9-7-12/h3-5,11-12,18H,6-10H2,1-2H3. The average molecular weight is 301 g/mol. The third-order valence-corrected chi connectivity index (χ3v) is 4.93. The quantitative estimate of drug-likeness (QED) is 0.904. The molecule has 1 heterocycles. The van der Waals surface area contributed by atoms with Gasteiger partial charge in [-0.2, -0.15) is 0 Å². The molecule has 1 N–H and O–H groups in total. The van der Waals surface area contributed by atoms with Gasteiger partial charge >= 0.3 is 0 Å². The second-order valence-electron chi connectivity index (χ2n) is 5.45. The molecule has 0 amide bonds. The van der Waals surface area contributed by atoms with Crippen LogP contribution in [0.1, 0.15) is 31.4 Å². The van der Waals surface area contributed by atoms with Crippen molar-refractivity contribution in [2.24, 2.45) is 5.92 Å². The smallest absolute Gasteiger partial charge is 0.0640 e. The van der Waals surface area contributed by atoms with Crippen molar-refractivity contribution >= 4 is 23.2 Å². The normalized spacial score (nSPS) is 18.8. The Labute approximate surface area is 126 Å². The molecule has 0 aromatic heterocycles. The fraction of sp³-hybridized carbons (Fsp3) is 0.600. The summed E-state index contributed by atoms with van der Waals surface area (Å²) >= 11 is 12.4. The van der Waals surface area contributed by atoms with Crippen LogP contribution in [0.3, 0.4) is 0 Å². The van der Waals surface area contributed by atoms with Crippen molar-refractivity contribution in [2.45, 2.75) is 25.8 Å². The van der Waals surface area contributed by atoms with E-state index in [9.17, 15) is 0 Å². The summed E-state index contributed by atoms with van der Waals surface area (Å²) in [5, 5.41) is 4.74. The van der Waals surface area contributed by atoms with Gasteiger partial charge in [-0.3, -0.25) is 4.90 Å². The molecule has 1 saturated heterocycles. The Hall–Kier alpha value is -0.280. The number of benzene rings is 1. The van der Waals surface area contributed by atoms with Crippen LogP contribution in [0.5, 0.6) is 0 Å². The first-order valence-corrected chi connectivity index (χ1v) is 7.70. The lowest BCUT2D eigenvalue weighted by Gasteiger charge is -2.32. The Morgan fingerprint density at radius 2 is 2.00 bits per heavy atom. The average Bonchev–Trinajstić information content (AvgIpc) is 2.42. The zero-order valence-electron chi connectivity index (χ0n) is 11.6. The molecule has 0 radical (unpaired) electrons. The number of hydrogen-bond donors (Lipinski definition) is 1. The summed E-state index contributed by atoms with van der Waals surface area (Å²) in [6.07, 6.45) is 2.53. The molecular weight excluding hydrogens is 279 g/mol. The molecular formula is C15H22Cl2N2. The SMILES string of the molecule is CC(c1cccc(Cl)c1Cl)N(C)CC1CCNCC1. The van der Waals surface area contributed by atoms with Crippen LogP contribution in [0.4, 0.5) is 0 Å². The molecule has 1 aliphatic heterocycles. The Morgan fingerprint density at radius 1 is 1.32 bits per heavy atom. The Morgan fingerprint density at radius 3 is 2.68 bits per heavy atom. The van der Waals surface area contributed by atoms with E-state index in [1.54, 1.807) is 0 Å². The van der Waals surface area contributed by atoms with Gasteiger partial charge in [-0.05, 0) is 57.5 Å². The predicted molar refractivity (Wildman–Crippen MR) is 83.1 cm³/mol. The lowest BCUT2D eigenvalue weighted by molar-refractivity contribution is 0.197. The summed E-state index contributed by atoms with van der Waals surface area (Å²) in [5.74, 6) is 0.784. The highest BCUT2D eigenvalue weighted by Gasteiger charge is 2.20. The van der Waals surface area contributed by atoms with Gasteiger partial charge in [0.2, 0.25) is 0 Å². The second kappa shape index (κ2) is 6.94. The van der Waals surface area contributed by atoms with Crippen molar-refractivity contribution < 1.29 is 0 Å². The molecule has 1 aliphatic rings. The van der Waals surface area contributed by atoms with E-state index in [-0.39, 0.29) is 0 Å². The lowest BCUT2D eigenvalue weighted by Crippen LogP contribution is -2.35. The molecule has 0 saturated carbocycles. The molecule has 2 nitrogen and oxygen atoms in total. The number of nitrogens with zero attached hydrogens (tertiary/aromatic N) is 1. The highest BCUT2D eigenvalue weighted by Crippen LogP contribution is 2.32. The molecule has 1 aromatic rings. The summed E-state index contributed by atoms with van der Waals surface area (Å²) in [6.45, 7) is 5.60. The summed E-state index contributed by atoms with van der Waals surface area (Å²) < 4.78 is 0. The minimum atomic E-state index is 0.293. The minimum absolute atomic E-state index is 0.293. The summed E-state index contributed by atoms with van der Waals surface area (Å²) in [5.41, 5.74) is 1.12. The molecule has 2 rings (SSSR count). The van der Waals surface area contributed by atoms with Gasteiger partial charge in [0.1, 0.15) is 0 Å². The maximum absolute atomic E-state index is 6.31. The zero-order valence-corrected chi connectivity index (χ0v) is 13.1. The predicted octanol–water partition coefficient (Wildman–Crippen LogP) is 3.99. The maximum Gasteiger partial charge on any atom is 0.0640 e. The Kier molecular flexibility index (Phi) is 5.52. The van der Waals surface area contributed by atoms with Crippen molar-refractivity contribution in [2.75, 3.05) is 26.7 Å². The van der Waals surface area contributed by atoms with Crippen LogP contribution in [0.25, 0.3) is 0 Å². The molecule has 1 fully saturated rings. The molecule has 19 heavy (non-hydrogen) atoms. The van der Waals surface area contributed by atoms with Crippen LogP contribution in [0.15, 0.2) is 18.2 Å². The Balaban J connectivity index is 2.01. The van der Waals surface area contributed by atoms with E-state index < -0.39 is 0 Å². The third-order valence-electron chi connectivity index (χ3n) is 4.10. The summed E-state index contributed by atoms with van der Waals surface area (Å²) in [4.78, 5) is 2.38. The van der Waals surface area contributed by atoms with Crippen LogP contribution >= 0.6 is 23.2 Å². The fourth-order valence-electron chi connectivity index (χ4n) is 2.71. The summed E-state index contributed by atoms with van der Waals surface area (Å²) in [7, 11) is 2.17. The monoisotopic (exact) mass is 300 g/mol. The van der Waals surface area contributed by atoms with Gasteiger partial charge in [-0.1, -0.05) is 35.3 Å². The van der Waals surface area contributed by atoms with E-state index in [2.05, 4.69) is 30.3 Å². The van der Waals surface area contributed by atoms with Crippen molar-refractivity contribution in [1.82, 2.24) is 10.2 Å². The number of rotatable bonds is 4. The van der Waals surface area contributed by atoms with E-state index in [4.69, 9.17) is 23.2 Å². The van der Waals surface area contributed by atoms with Gasteiger partial charge in [0, 0.05) is 12.6 Å².